The van der Waals surface area contributed by atoms with Crippen molar-refractivity contribution in [1.29, 1.82) is 0 Å². The molecule has 2 atom stereocenters. The van der Waals surface area contributed by atoms with Gasteiger partial charge in [0.05, 0.1) is 12.9 Å². The lowest BCUT2D eigenvalue weighted by atomic mass is 9.99. The van der Waals surface area contributed by atoms with E-state index in [4.69, 9.17) is 8.92 Å². The number of phenolic OH excluding ortho intramolecular Hbond substituents is 1. The van der Waals surface area contributed by atoms with Crippen LogP contribution in [0.25, 0.3) is 0 Å². The van der Waals surface area contributed by atoms with E-state index in [9.17, 15) is 27.6 Å². The first-order valence-corrected chi connectivity index (χ1v) is 14.7. The summed E-state index contributed by atoms with van der Waals surface area (Å²) in [5.74, 6) is 0.0159. The van der Waals surface area contributed by atoms with E-state index >= 15 is 0 Å². The number of carboxylic acid groups (broad SMARTS) is 1. The normalized spacial score (nSPS) is 13.9. The summed E-state index contributed by atoms with van der Waals surface area (Å²) < 4.78 is 44.4. The Labute approximate surface area is 219 Å². The third-order valence-corrected chi connectivity index (χ3v) is 8.16. The SMILES string of the molecule is C[C@](Cc1ccc(CCOc2ccc(OS(C)(=O)=O)cc2)cc1)(C(=O)O)S(=O)CCc1ccc(O)cc1. The van der Waals surface area contributed by atoms with Gasteiger partial charge in [0.15, 0.2) is 0 Å². The summed E-state index contributed by atoms with van der Waals surface area (Å²) in [6.45, 7) is 1.90. The molecule has 0 radical (unpaired) electrons. The van der Waals surface area contributed by atoms with Crippen molar-refractivity contribution < 1.29 is 36.6 Å². The van der Waals surface area contributed by atoms with Gasteiger partial charge in [-0.25, -0.2) is 0 Å². The van der Waals surface area contributed by atoms with Crippen molar-refractivity contribution in [2.24, 2.45) is 0 Å². The van der Waals surface area contributed by atoms with Crippen LogP contribution in [-0.4, -0.2) is 52.2 Å². The van der Waals surface area contributed by atoms with E-state index in [-0.39, 0.29) is 23.7 Å². The highest BCUT2D eigenvalue weighted by Crippen LogP contribution is 2.23. The van der Waals surface area contributed by atoms with Gasteiger partial charge in [0.2, 0.25) is 0 Å². The van der Waals surface area contributed by atoms with Crippen LogP contribution in [0, 0.1) is 0 Å². The van der Waals surface area contributed by atoms with E-state index in [0.717, 1.165) is 22.9 Å². The maximum absolute atomic E-state index is 13.0. The van der Waals surface area contributed by atoms with Gasteiger partial charge in [-0.2, -0.15) is 8.42 Å². The lowest BCUT2D eigenvalue weighted by Crippen LogP contribution is -2.43. The van der Waals surface area contributed by atoms with Crippen LogP contribution in [0.3, 0.4) is 0 Å². The Morgan fingerprint density at radius 2 is 1.38 bits per heavy atom. The number of benzene rings is 3. The largest absolute Gasteiger partial charge is 0.508 e. The average Bonchev–Trinajstić information content (AvgIpc) is 2.84. The number of aryl methyl sites for hydroxylation is 1. The van der Waals surface area contributed by atoms with Gasteiger partial charge in [-0.05, 0) is 72.9 Å². The predicted octanol–water partition coefficient (Wildman–Crippen LogP) is 3.73. The van der Waals surface area contributed by atoms with Gasteiger partial charge in [0, 0.05) is 23.0 Å². The Bertz CT molecular complexity index is 1320. The van der Waals surface area contributed by atoms with Crippen LogP contribution in [0.2, 0.25) is 0 Å². The standard InChI is InChI=1S/C27H30O8S2/c1-27(26(29)30,36(31)18-16-21-7-9-23(28)10-8-21)19-22-5-3-20(4-6-22)15-17-34-24-11-13-25(14-12-24)35-37(2,32)33/h3-14,28H,15-19H2,1-2H3,(H,29,30)/t27-,36?/m0/s1. The quantitative estimate of drug-likeness (QED) is 0.311. The number of hydrogen-bond donors (Lipinski definition) is 2. The van der Waals surface area contributed by atoms with Crippen LogP contribution >= 0.6 is 0 Å². The van der Waals surface area contributed by atoms with Gasteiger partial charge in [-0.3, -0.25) is 9.00 Å². The van der Waals surface area contributed by atoms with Gasteiger partial charge in [-0.15, -0.1) is 0 Å². The molecule has 3 aromatic carbocycles. The van der Waals surface area contributed by atoms with Crippen molar-refractivity contribution in [3.8, 4) is 17.2 Å². The second-order valence-electron chi connectivity index (χ2n) is 8.85. The van der Waals surface area contributed by atoms with Crippen molar-refractivity contribution in [1.82, 2.24) is 0 Å². The summed E-state index contributed by atoms with van der Waals surface area (Å²) in [5, 5.41) is 19.3. The van der Waals surface area contributed by atoms with Gasteiger partial charge in [-0.1, -0.05) is 36.4 Å². The third-order valence-electron chi connectivity index (χ3n) is 5.76. The van der Waals surface area contributed by atoms with Crippen molar-refractivity contribution in [3.63, 3.8) is 0 Å². The lowest BCUT2D eigenvalue weighted by molar-refractivity contribution is -0.139. The molecule has 0 aliphatic carbocycles. The minimum absolute atomic E-state index is 0.128. The average molecular weight is 547 g/mol. The molecule has 0 saturated carbocycles. The van der Waals surface area contributed by atoms with E-state index in [1.807, 2.05) is 24.3 Å². The molecule has 3 aromatic rings. The predicted molar refractivity (Wildman–Crippen MR) is 142 cm³/mol. The molecule has 0 aliphatic rings. The zero-order chi connectivity index (χ0) is 27.1. The summed E-state index contributed by atoms with van der Waals surface area (Å²) in [4.78, 5) is 12.1. The highest BCUT2D eigenvalue weighted by molar-refractivity contribution is 7.87. The number of rotatable bonds is 13. The molecular formula is C27H30O8S2. The summed E-state index contributed by atoms with van der Waals surface area (Å²) in [5.41, 5.74) is 2.64. The summed E-state index contributed by atoms with van der Waals surface area (Å²) in [6.07, 6.45) is 2.16. The third kappa shape index (κ3) is 8.61. The van der Waals surface area contributed by atoms with Crippen LogP contribution in [0.15, 0.2) is 72.8 Å². The minimum atomic E-state index is -3.58. The van der Waals surface area contributed by atoms with Crippen LogP contribution in [0.5, 0.6) is 17.2 Å². The van der Waals surface area contributed by atoms with Crippen molar-refractivity contribution in [2.45, 2.75) is 30.9 Å². The number of hydrogen-bond acceptors (Lipinski definition) is 7. The maximum Gasteiger partial charge on any atom is 0.322 e. The fraction of sp³-hybridized carbons (Fsp3) is 0.296. The second-order valence-corrected chi connectivity index (χ2v) is 12.4. The molecule has 0 aromatic heterocycles. The maximum atomic E-state index is 13.0. The first-order valence-electron chi connectivity index (χ1n) is 11.5. The van der Waals surface area contributed by atoms with E-state index in [2.05, 4.69) is 0 Å². The van der Waals surface area contributed by atoms with Gasteiger partial charge in [0.1, 0.15) is 22.0 Å². The molecule has 10 heteroatoms. The number of aliphatic carboxylic acids is 1. The Balaban J connectivity index is 1.53. The molecule has 37 heavy (non-hydrogen) atoms. The van der Waals surface area contributed by atoms with E-state index in [0.29, 0.717) is 25.2 Å². The van der Waals surface area contributed by atoms with Crippen molar-refractivity contribution >= 4 is 26.9 Å². The lowest BCUT2D eigenvalue weighted by Gasteiger charge is -2.24. The molecule has 8 nitrogen and oxygen atoms in total. The van der Waals surface area contributed by atoms with E-state index in [1.165, 1.54) is 19.1 Å². The monoisotopic (exact) mass is 546 g/mol. The summed E-state index contributed by atoms with van der Waals surface area (Å²) in [6, 6.07) is 20.3. The van der Waals surface area contributed by atoms with Crippen LogP contribution in [-0.2, 0) is 45.0 Å². The van der Waals surface area contributed by atoms with Gasteiger partial charge in [0.25, 0.3) is 0 Å². The molecular weight excluding hydrogens is 516 g/mol. The smallest absolute Gasteiger partial charge is 0.322 e. The molecule has 1 unspecified atom stereocenters. The molecule has 0 aliphatic heterocycles. The molecule has 3 rings (SSSR count). The highest BCUT2D eigenvalue weighted by atomic mass is 32.2. The Morgan fingerprint density at radius 1 is 0.865 bits per heavy atom. The van der Waals surface area contributed by atoms with Gasteiger partial charge >= 0.3 is 16.1 Å². The van der Waals surface area contributed by atoms with Crippen LogP contribution < -0.4 is 8.92 Å². The van der Waals surface area contributed by atoms with Crippen LogP contribution in [0.1, 0.15) is 23.6 Å². The molecule has 0 bridgehead atoms. The molecule has 198 valence electrons. The van der Waals surface area contributed by atoms with E-state index < -0.39 is 31.6 Å². The summed E-state index contributed by atoms with van der Waals surface area (Å²) >= 11 is 0. The number of carboxylic acids is 1. The number of phenols is 1. The molecule has 0 fully saturated rings. The topological polar surface area (TPSA) is 127 Å². The molecule has 0 saturated heterocycles. The number of ether oxygens (including phenoxy) is 1. The van der Waals surface area contributed by atoms with E-state index in [1.54, 1.807) is 36.4 Å². The first-order chi connectivity index (χ1) is 17.4. The number of aromatic hydroxyl groups is 1. The second kappa shape index (κ2) is 12.2. The zero-order valence-electron chi connectivity index (χ0n) is 20.6. The molecule has 0 amide bonds. The minimum Gasteiger partial charge on any atom is -0.508 e. The highest BCUT2D eigenvalue weighted by Gasteiger charge is 2.39. The summed E-state index contributed by atoms with van der Waals surface area (Å²) in [7, 11) is -5.20. The Morgan fingerprint density at radius 3 is 1.95 bits per heavy atom. The van der Waals surface area contributed by atoms with Crippen LogP contribution in [0.4, 0.5) is 0 Å². The van der Waals surface area contributed by atoms with Crippen molar-refractivity contribution in [2.75, 3.05) is 18.6 Å². The molecule has 0 heterocycles. The number of carbonyl (C=O) groups is 1. The Hall–Kier alpha value is -3.37. The Kier molecular flexibility index (Phi) is 9.34. The fourth-order valence-corrected chi connectivity index (χ4v) is 5.47. The van der Waals surface area contributed by atoms with Gasteiger partial charge < -0.3 is 19.1 Å². The zero-order valence-corrected chi connectivity index (χ0v) is 22.3. The first kappa shape index (κ1) is 28.2. The molecule has 2 N–H and O–H groups in total. The van der Waals surface area contributed by atoms with Crippen molar-refractivity contribution in [3.05, 3.63) is 89.5 Å². The fourth-order valence-electron chi connectivity index (χ4n) is 3.62. The molecule has 0 spiro atoms.